The molecule has 0 fully saturated rings. The van der Waals surface area contributed by atoms with Crippen molar-refractivity contribution in [2.45, 2.75) is 31.2 Å². The molecule has 7 heteroatoms. The van der Waals surface area contributed by atoms with E-state index in [2.05, 4.69) is 29.3 Å². The minimum atomic E-state index is -0.0295. The van der Waals surface area contributed by atoms with Gasteiger partial charge in [0.25, 0.3) is 0 Å². The van der Waals surface area contributed by atoms with Crippen LogP contribution in [0.2, 0.25) is 0 Å². The highest BCUT2D eigenvalue weighted by atomic mass is 32.2. The summed E-state index contributed by atoms with van der Waals surface area (Å²) >= 11 is 1.31. The van der Waals surface area contributed by atoms with E-state index in [0.29, 0.717) is 21.9 Å². The Balaban J connectivity index is 1.44. The molecule has 186 valence electrons. The largest absolute Gasteiger partial charge is 0.383 e. The summed E-state index contributed by atoms with van der Waals surface area (Å²) in [6.07, 6.45) is 1.97. The van der Waals surface area contributed by atoms with E-state index in [0.717, 1.165) is 46.5 Å². The molecule has 4 aromatic rings. The van der Waals surface area contributed by atoms with Crippen LogP contribution >= 0.6 is 11.8 Å². The minimum Gasteiger partial charge on any atom is -0.383 e. The van der Waals surface area contributed by atoms with E-state index >= 15 is 0 Å². The van der Waals surface area contributed by atoms with E-state index in [9.17, 15) is 15.3 Å². The minimum absolute atomic E-state index is 0.0295. The number of pyridine rings is 1. The number of benzene rings is 3. The van der Waals surface area contributed by atoms with Crippen LogP contribution in [0.5, 0.6) is 0 Å². The molecule has 5 rings (SSSR count). The lowest BCUT2D eigenvalue weighted by molar-refractivity contribution is -0.117. The van der Waals surface area contributed by atoms with E-state index in [1.54, 1.807) is 0 Å². The Bertz CT molecular complexity index is 1570. The van der Waals surface area contributed by atoms with Gasteiger partial charge in [-0.15, -0.1) is 11.8 Å². The lowest BCUT2D eigenvalue weighted by Gasteiger charge is -2.25. The highest BCUT2D eigenvalue weighted by Gasteiger charge is 2.26. The first-order valence-electron chi connectivity index (χ1n) is 12.3. The fraction of sp³-hybridized carbons (Fsp3) is 0.161. The third-order valence-electron chi connectivity index (χ3n) is 6.69. The second-order valence-electron chi connectivity index (χ2n) is 9.10. The second-order valence-corrected chi connectivity index (χ2v) is 10.2. The van der Waals surface area contributed by atoms with Gasteiger partial charge in [0.2, 0.25) is 5.91 Å². The van der Waals surface area contributed by atoms with Crippen molar-refractivity contribution in [1.29, 1.82) is 10.5 Å². The van der Waals surface area contributed by atoms with Gasteiger partial charge in [0.15, 0.2) is 0 Å². The van der Waals surface area contributed by atoms with Crippen LogP contribution in [-0.2, 0) is 17.6 Å². The molecule has 0 spiro atoms. The van der Waals surface area contributed by atoms with E-state index in [-0.39, 0.29) is 23.7 Å². The molecule has 0 atom stereocenters. The fourth-order valence-corrected chi connectivity index (χ4v) is 5.73. The number of nitrogens with zero attached hydrogens (tertiary/aromatic N) is 4. The lowest BCUT2D eigenvalue weighted by atomic mass is 9.96. The maximum absolute atomic E-state index is 13.7. The Labute approximate surface area is 226 Å². The molecule has 0 saturated heterocycles. The van der Waals surface area contributed by atoms with Crippen molar-refractivity contribution >= 4 is 34.9 Å². The predicted molar refractivity (Wildman–Crippen MR) is 151 cm³/mol. The number of nitrogen functional groups attached to an aromatic ring is 1. The quantitative estimate of drug-likeness (QED) is 0.311. The maximum Gasteiger partial charge on any atom is 0.232 e. The van der Waals surface area contributed by atoms with Gasteiger partial charge in [-0.1, -0.05) is 66.2 Å². The van der Waals surface area contributed by atoms with E-state index in [1.165, 1.54) is 11.8 Å². The van der Waals surface area contributed by atoms with E-state index in [4.69, 9.17) is 5.73 Å². The van der Waals surface area contributed by atoms with Crippen LogP contribution in [0.3, 0.4) is 0 Å². The Morgan fingerprint density at radius 1 is 0.921 bits per heavy atom. The summed E-state index contributed by atoms with van der Waals surface area (Å²) < 4.78 is 0. The molecule has 3 aromatic carbocycles. The number of carbonyl (C=O) groups is 1. The molecule has 0 aliphatic carbocycles. The molecule has 0 bridgehead atoms. The van der Waals surface area contributed by atoms with Crippen molar-refractivity contribution in [2.24, 2.45) is 0 Å². The van der Waals surface area contributed by atoms with Gasteiger partial charge in [-0.25, -0.2) is 4.98 Å². The standard InChI is InChI=1S/C31H25N5OS/c1-20-10-12-23(13-11-20)29-24(18-32)30(34)35-31(25(29)19-33)38-17-16-28(37)36-26-8-4-2-6-21(26)14-15-22-7-3-5-9-27(22)36/h2-13H,14-17H2,1H3,(H2,34,35). The van der Waals surface area contributed by atoms with Crippen molar-refractivity contribution in [1.82, 2.24) is 4.98 Å². The van der Waals surface area contributed by atoms with Gasteiger partial charge in [-0.2, -0.15) is 10.5 Å². The lowest BCUT2D eigenvalue weighted by Crippen LogP contribution is -2.27. The average molecular weight is 516 g/mol. The van der Waals surface area contributed by atoms with Gasteiger partial charge in [0, 0.05) is 17.7 Å². The molecule has 0 unspecified atom stereocenters. The normalized spacial score (nSPS) is 12.0. The summed E-state index contributed by atoms with van der Waals surface area (Å²) in [6.45, 7) is 1.97. The van der Waals surface area contributed by atoms with Crippen molar-refractivity contribution in [3.05, 3.63) is 101 Å². The molecular formula is C31H25N5OS. The molecular weight excluding hydrogens is 490 g/mol. The second kappa shape index (κ2) is 10.8. The van der Waals surface area contributed by atoms with Crippen LogP contribution in [0.4, 0.5) is 17.2 Å². The summed E-state index contributed by atoms with van der Waals surface area (Å²) in [4.78, 5) is 19.9. The van der Waals surface area contributed by atoms with Crippen LogP contribution in [0.15, 0.2) is 77.8 Å². The monoisotopic (exact) mass is 515 g/mol. The zero-order valence-corrected chi connectivity index (χ0v) is 21.8. The van der Waals surface area contributed by atoms with Gasteiger partial charge in [-0.3, -0.25) is 9.69 Å². The van der Waals surface area contributed by atoms with Crippen LogP contribution < -0.4 is 10.6 Å². The summed E-state index contributed by atoms with van der Waals surface area (Å²) in [6, 6.07) is 28.0. The molecule has 0 radical (unpaired) electrons. The Hall–Kier alpha value is -4.59. The summed E-state index contributed by atoms with van der Waals surface area (Å²) in [5.74, 6) is 0.449. The number of rotatable bonds is 5. The number of thioether (sulfide) groups is 1. The molecule has 6 nitrogen and oxygen atoms in total. The molecule has 1 aromatic heterocycles. The van der Waals surface area contributed by atoms with Crippen LogP contribution in [0.1, 0.15) is 34.2 Å². The first-order valence-corrected chi connectivity index (χ1v) is 13.3. The van der Waals surface area contributed by atoms with E-state index in [1.807, 2.05) is 72.5 Å². The van der Waals surface area contributed by atoms with Gasteiger partial charge in [0.1, 0.15) is 28.5 Å². The maximum atomic E-state index is 13.7. The van der Waals surface area contributed by atoms with Crippen molar-refractivity contribution in [2.75, 3.05) is 16.4 Å². The Morgan fingerprint density at radius 2 is 1.50 bits per heavy atom. The fourth-order valence-electron chi connectivity index (χ4n) is 4.81. The number of nitriles is 2. The topological polar surface area (TPSA) is 107 Å². The van der Waals surface area contributed by atoms with Gasteiger partial charge >= 0.3 is 0 Å². The van der Waals surface area contributed by atoms with Crippen LogP contribution in [-0.4, -0.2) is 16.6 Å². The Kier molecular flexibility index (Phi) is 7.13. The first-order chi connectivity index (χ1) is 18.5. The average Bonchev–Trinajstić information content (AvgIpc) is 3.10. The molecule has 2 N–H and O–H groups in total. The van der Waals surface area contributed by atoms with Crippen molar-refractivity contribution < 1.29 is 4.79 Å². The number of hydrogen-bond donors (Lipinski definition) is 1. The molecule has 1 amide bonds. The molecule has 38 heavy (non-hydrogen) atoms. The van der Waals surface area contributed by atoms with Crippen molar-refractivity contribution in [3.8, 4) is 23.3 Å². The third kappa shape index (κ3) is 4.72. The van der Waals surface area contributed by atoms with Crippen molar-refractivity contribution in [3.63, 3.8) is 0 Å². The highest BCUT2D eigenvalue weighted by Crippen LogP contribution is 2.38. The van der Waals surface area contributed by atoms with E-state index < -0.39 is 0 Å². The van der Waals surface area contributed by atoms with Gasteiger partial charge < -0.3 is 5.73 Å². The zero-order valence-electron chi connectivity index (χ0n) is 20.9. The smallest absolute Gasteiger partial charge is 0.232 e. The number of aromatic nitrogens is 1. The highest BCUT2D eigenvalue weighted by molar-refractivity contribution is 7.99. The number of para-hydroxylation sites is 2. The number of aryl methyl sites for hydroxylation is 3. The molecule has 0 saturated carbocycles. The first kappa shape index (κ1) is 25.1. The number of amides is 1. The molecule has 1 aliphatic heterocycles. The SMILES string of the molecule is Cc1ccc(-c2c(C#N)c(N)nc(SCCC(=O)N3c4ccccc4CCc4ccccc43)c2C#N)cc1. The third-order valence-corrected chi connectivity index (χ3v) is 7.67. The van der Waals surface area contributed by atoms with Crippen LogP contribution in [0.25, 0.3) is 11.1 Å². The summed E-state index contributed by atoms with van der Waals surface area (Å²) in [5, 5.41) is 20.2. The number of hydrogen-bond acceptors (Lipinski definition) is 6. The predicted octanol–water partition coefficient (Wildman–Crippen LogP) is 6.33. The molecule has 1 aliphatic rings. The molecule has 2 heterocycles. The number of carbonyl (C=O) groups excluding carboxylic acids is 1. The number of nitrogens with two attached hydrogens (primary N) is 1. The van der Waals surface area contributed by atoms with Crippen LogP contribution in [0, 0.1) is 29.6 Å². The summed E-state index contributed by atoms with van der Waals surface area (Å²) in [7, 11) is 0. The summed E-state index contributed by atoms with van der Waals surface area (Å²) in [5.41, 5.74) is 13.0. The number of fused-ring (bicyclic) bond motifs is 2. The van der Waals surface area contributed by atoms with Gasteiger partial charge in [-0.05, 0) is 48.6 Å². The van der Waals surface area contributed by atoms with Gasteiger partial charge in [0.05, 0.1) is 16.9 Å². The number of anilines is 3. The zero-order chi connectivity index (χ0) is 26.6. The Morgan fingerprint density at radius 3 is 2.08 bits per heavy atom.